The van der Waals surface area contributed by atoms with Gasteiger partial charge in [-0.1, -0.05) is 59.3 Å². The molecule has 0 spiro atoms. The summed E-state index contributed by atoms with van der Waals surface area (Å²) in [6.07, 6.45) is 1.71. The van der Waals surface area contributed by atoms with E-state index in [0.29, 0.717) is 42.0 Å². The largest absolute Gasteiger partial charge is 0.493 e. The number of carbonyl (C=O) groups is 2. The molecule has 1 amide bonds. The summed E-state index contributed by atoms with van der Waals surface area (Å²) in [5.41, 5.74) is 1.96. The van der Waals surface area contributed by atoms with Crippen LogP contribution in [0.1, 0.15) is 21.5 Å². The molecule has 4 rings (SSSR count). The van der Waals surface area contributed by atoms with Crippen molar-refractivity contribution in [1.29, 1.82) is 0 Å². The van der Waals surface area contributed by atoms with E-state index < -0.39 is 5.97 Å². The summed E-state index contributed by atoms with van der Waals surface area (Å²) >= 11 is 20.9. The number of thiocarbonyl (C=S) groups is 1. The van der Waals surface area contributed by atoms with Gasteiger partial charge in [-0.3, -0.25) is 9.69 Å². The van der Waals surface area contributed by atoms with Crippen LogP contribution in [0.5, 0.6) is 11.5 Å². The summed E-state index contributed by atoms with van der Waals surface area (Å²) in [6, 6.07) is 14.9. The molecule has 11 heteroatoms. The maximum atomic E-state index is 13.1. The number of carbonyl (C=O) groups excluding carboxylic acids is 1. The fraction of sp³-hybridized carbons (Fsp3) is 0.0800. The second-order valence-electron chi connectivity index (χ2n) is 7.43. The van der Waals surface area contributed by atoms with Crippen LogP contribution in [0, 0.1) is 3.57 Å². The monoisotopic (exact) mass is 671 g/mol. The van der Waals surface area contributed by atoms with Crippen LogP contribution in [0.4, 0.5) is 5.69 Å². The third-order valence-corrected chi connectivity index (χ3v) is 7.77. The number of aromatic carboxylic acids is 1. The number of hydrogen-bond acceptors (Lipinski definition) is 6. The lowest BCUT2D eigenvalue weighted by Gasteiger charge is -2.15. The van der Waals surface area contributed by atoms with Crippen LogP contribution >= 0.6 is 69.8 Å². The van der Waals surface area contributed by atoms with E-state index in [4.69, 9.17) is 44.9 Å². The number of halogens is 3. The molecular formula is C25H16Cl2INO5S2. The molecule has 1 saturated heterocycles. The van der Waals surface area contributed by atoms with Crippen LogP contribution in [0.25, 0.3) is 6.08 Å². The quantitative estimate of drug-likeness (QED) is 0.161. The summed E-state index contributed by atoms with van der Waals surface area (Å²) in [6.45, 7) is 0.218. The third-order valence-electron chi connectivity index (χ3n) is 5.08. The molecule has 1 N–H and O–H groups in total. The Morgan fingerprint density at radius 1 is 1.19 bits per heavy atom. The molecule has 1 heterocycles. The first kappa shape index (κ1) is 26.7. The first-order valence-corrected chi connectivity index (χ1v) is 13.3. The molecule has 0 atom stereocenters. The number of carboxylic acid groups (broad SMARTS) is 1. The Morgan fingerprint density at radius 3 is 2.67 bits per heavy atom. The van der Waals surface area contributed by atoms with Crippen LogP contribution in [-0.2, 0) is 11.4 Å². The fourth-order valence-corrected chi connectivity index (χ4v) is 5.91. The number of thioether (sulfide) groups is 1. The first-order chi connectivity index (χ1) is 17.2. The van der Waals surface area contributed by atoms with Crippen LogP contribution in [0.15, 0.2) is 59.5 Å². The topological polar surface area (TPSA) is 76.1 Å². The SMILES string of the molecule is COc1cc(/C=C2/SC(=S)N(c3cccc(C(=O)O)c3)C2=O)cc(I)c1OCc1ccc(Cl)cc1Cl. The molecule has 6 nitrogen and oxygen atoms in total. The second-order valence-corrected chi connectivity index (χ2v) is 11.1. The zero-order chi connectivity index (χ0) is 26.0. The van der Waals surface area contributed by atoms with Crippen LogP contribution in [0.2, 0.25) is 10.0 Å². The van der Waals surface area contributed by atoms with Gasteiger partial charge in [-0.15, -0.1) is 0 Å². The standard InChI is InChI=1S/C25H16Cl2INO5S2/c1-33-20-8-13(7-19(28)22(20)34-12-15-5-6-16(26)11-18(15)27)9-21-23(30)29(25(35)36-21)17-4-2-3-14(10-17)24(31)32/h2-11H,12H2,1H3,(H,31,32)/b21-9+. The van der Waals surface area contributed by atoms with Gasteiger partial charge in [0.2, 0.25) is 0 Å². The minimum atomic E-state index is -1.08. The number of hydrogen-bond donors (Lipinski definition) is 1. The van der Waals surface area contributed by atoms with Gasteiger partial charge in [-0.05, 0) is 76.7 Å². The number of anilines is 1. The molecule has 1 aliphatic rings. The number of nitrogens with zero attached hydrogens (tertiary/aromatic N) is 1. The van der Waals surface area contributed by atoms with Gasteiger partial charge >= 0.3 is 5.97 Å². The fourth-order valence-electron chi connectivity index (χ4n) is 3.37. The lowest BCUT2D eigenvalue weighted by molar-refractivity contribution is -0.113. The maximum absolute atomic E-state index is 13.1. The smallest absolute Gasteiger partial charge is 0.335 e. The number of methoxy groups -OCH3 is 1. The molecular weight excluding hydrogens is 656 g/mol. The van der Waals surface area contributed by atoms with Crippen molar-refractivity contribution in [3.63, 3.8) is 0 Å². The summed E-state index contributed by atoms with van der Waals surface area (Å²) in [4.78, 5) is 26.2. The van der Waals surface area contributed by atoms with Crippen molar-refractivity contribution < 1.29 is 24.2 Å². The average Bonchev–Trinajstić information content (AvgIpc) is 3.11. The molecule has 0 bridgehead atoms. The molecule has 0 radical (unpaired) electrons. The molecule has 36 heavy (non-hydrogen) atoms. The average molecular weight is 672 g/mol. The summed E-state index contributed by atoms with van der Waals surface area (Å²) in [5.74, 6) is -0.387. The highest BCUT2D eigenvalue weighted by Gasteiger charge is 2.33. The van der Waals surface area contributed by atoms with Crippen LogP contribution in [0.3, 0.4) is 0 Å². The highest BCUT2D eigenvalue weighted by atomic mass is 127. The van der Waals surface area contributed by atoms with Gasteiger partial charge < -0.3 is 14.6 Å². The zero-order valence-electron chi connectivity index (χ0n) is 18.5. The zero-order valence-corrected chi connectivity index (χ0v) is 23.8. The summed E-state index contributed by atoms with van der Waals surface area (Å²) < 4.78 is 12.6. The van der Waals surface area contributed by atoms with Crippen molar-refractivity contribution >= 4 is 97.7 Å². The molecule has 3 aromatic rings. The van der Waals surface area contributed by atoms with Crippen LogP contribution < -0.4 is 14.4 Å². The van der Waals surface area contributed by atoms with Crippen molar-refractivity contribution in [3.05, 3.63) is 89.8 Å². The number of amides is 1. The molecule has 0 aromatic heterocycles. The Bertz CT molecular complexity index is 1430. The van der Waals surface area contributed by atoms with Crippen LogP contribution in [-0.4, -0.2) is 28.4 Å². The van der Waals surface area contributed by atoms with E-state index in [1.54, 1.807) is 42.5 Å². The second kappa shape index (κ2) is 11.4. The van der Waals surface area contributed by atoms with E-state index in [2.05, 4.69) is 22.6 Å². The Kier molecular flexibility index (Phi) is 8.46. The molecule has 0 aliphatic carbocycles. The van der Waals surface area contributed by atoms with Gasteiger partial charge in [0.1, 0.15) is 6.61 Å². The Morgan fingerprint density at radius 2 is 1.97 bits per heavy atom. The van der Waals surface area contributed by atoms with Crippen molar-refractivity contribution in [2.45, 2.75) is 6.61 Å². The predicted octanol–water partition coefficient (Wildman–Crippen LogP) is 7.29. The maximum Gasteiger partial charge on any atom is 0.335 e. The first-order valence-electron chi connectivity index (χ1n) is 10.2. The van der Waals surface area contributed by atoms with Gasteiger partial charge in [0.05, 0.1) is 26.8 Å². The van der Waals surface area contributed by atoms with E-state index in [-0.39, 0.29) is 18.1 Å². The molecule has 0 saturated carbocycles. The third kappa shape index (κ3) is 5.81. The van der Waals surface area contributed by atoms with Gasteiger partial charge in [-0.25, -0.2) is 4.79 Å². The minimum Gasteiger partial charge on any atom is -0.493 e. The summed E-state index contributed by atoms with van der Waals surface area (Å²) in [5, 5.41) is 10.3. The highest BCUT2D eigenvalue weighted by Crippen LogP contribution is 2.39. The van der Waals surface area contributed by atoms with Gasteiger partial charge in [0.25, 0.3) is 5.91 Å². The van der Waals surface area contributed by atoms with Crippen molar-refractivity contribution in [2.24, 2.45) is 0 Å². The number of ether oxygens (including phenoxy) is 2. The molecule has 1 aliphatic heterocycles. The number of carboxylic acids is 1. The minimum absolute atomic E-state index is 0.0697. The van der Waals surface area contributed by atoms with E-state index >= 15 is 0 Å². The lowest BCUT2D eigenvalue weighted by Crippen LogP contribution is -2.27. The van der Waals surface area contributed by atoms with E-state index in [9.17, 15) is 14.7 Å². The molecule has 0 unspecified atom stereocenters. The van der Waals surface area contributed by atoms with Crippen molar-refractivity contribution in [2.75, 3.05) is 12.0 Å². The van der Waals surface area contributed by atoms with E-state index in [1.165, 1.54) is 24.1 Å². The Hall–Kier alpha value is -2.31. The van der Waals surface area contributed by atoms with Gasteiger partial charge in [0, 0.05) is 15.6 Å². The van der Waals surface area contributed by atoms with Crippen molar-refractivity contribution in [3.8, 4) is 11.5 Å². The van der Waals surface area contributed by atoms with Gasteiger partial charge in [0.15, 0.2) is 15.8 Å². The van der Waals surface area contributed by atoms with Gasteiger partial charge in [-0.2, -0.15) is 0 Å². The highest BCUT2D eigenvalue weighted by molar-refractivity contribution is 14.1. The molecule has 1 fully saturated rings. The molecule has 184 valence electrons. The predicted molar refractivity (Wildman–Crippen MR) is 156 cm³/mol. The molecule has 3 aromatic carbocycles. The van der Waals surface area contributed by atoms with Crippen molar-refractivity contribution in [1.82, 2.24) is 0 Å². The van der Waals surface area contributed by atoms with E-state index in [0.717, 1.165) is 20.9 Å². The Balaban J connectivity index is 1.59. The normalized spacial score (nSPS) is 14.4. The number of rotatable bonds is 7. The number of benzene rings is 3. The Labute approximate surface area is 240 Å². The summed E-state index contributed by atoms with van der Waals surface area (Å²) in [7, 11) is 1.53. The van der Waals surface area contributed by atoms with E-state index in [1.807, 2.05) is 6.07 Å². The lowest BCUT2D eigenvalue weighted by atomic mass is 10.1.